The average Bonchev–Trinajstić information content (AvgIpc) is 2.15. The van der Waals surface area contributed by atoms with Crippen LogP contribution in [0.2, 0.25) is 0 Å². The third-order valence-corrected chi connectivity index (χ3v) is 1.87. The van der Waals surface area contributed by atoms with E-state index in [-0.39, 0.29) is 12.1 Å². The van der Waals surface area contributed by atoms with Crippen molar-refractivity contribution in [2.24, 2.45) is 0 Å². The van der Waals surface area contributed by atoms with Crippen molar-refractivity contribution >= 4 is 5.97 Å². The number of esters is 1. The highest BCUT2D eigenvalue weighted by atomic mass is 17.2. The first-order valence-corrected chi connectivity index (χ1v) is 5.03. The van der Waals surface area contributed by atoms with Crippen LogP contribution in [0, 0.1) is 0 Å². The topological polar surface area (TPSA) is 54.0 Å². The number of hydrogen-bond donors (Lipinski definition) is 0. The minimum absolute atomic E-state index is 0.0168. The van der Waals surface area contributed by atoms with Gasteiger partial charge in [-0.05, 0) is 20.3 Å². The second-order valence-corrected chi connectivity index (χ2v) is 3.30. The molecular formula is C10H20O5. The van der Waals surface area contributed by atoms with Gasteiger partial charge in [-0.1, -0.05) is 6.92 Å². The Kier molecular flexibility index (Phi) is 7.29. The summed E-state index contributed by atoms with van der Waals surface area (Å²) in [5.41, 5.74) is 0. The van der Waals surface area contributed by atoms with E-state index >= 15 is 0 Å². The largest absolute Gasteiger partial charge is 0.457 e. The molecule has 0 saturated heterocycles. The van der Waals surface area contributed by atoms with Gasteiger partial charge in [-0.3, -0.25) is 4.79 Å². The van der Waals surface area contributed by atoms with E-state index < -0.39 is 12.4 Å². The molecule has 0 aliphatic carbocycles. The van der Waals surface area contributed by atoms with Crippen LogP contribution in [0.5, 0.6) is 0 Å². The van der Waals surface area contributed by atoms with E-state index in [1.165, 1.54) is 14.0 Å². The Morgan fingerprint density at radius 1 is 1.33 bits per heavy atom. The highest BCUT2D eigenvalue weighted by Crippen LogP contribution is 2.10. The third-order valence-electron chi connectivity index (χ3n) is 1.87. The normalized spacial score (nSPS) is 16.9. The summed E-state index contributed by atoms with van der Waals surface area (Å²) >= 11 is 0. The molecular weight excluding hydrogens is 200 g/mol. The summed E-state index contributed by atoms with van der Waals surface area (Å²) in [7, 11) is 1.38. The number of carbonyl (C=O) groups is 1. The molecule has 5 heteroatoms. The summed E-state index contributed by atoms with van der Waals surface area (Å²) in [5, 5.41) is 0. The second kappa shape index (κ2) is 7.62. The lowest BCUT2D eigenvalue weighted by molar-refractivity contribution is -0.386. The number of hydrogen-bond acceptors (Lipinski definition) is 5. The maximum absolute atomic E-state index is 10.7. The maximum Gasteiger partial charge on any atom is 0.303 e. The molecule has 0 heterocycles. The molecule has 0 spiro atoms. The molecule has 0 aliphatic heterocycles. The van der Waals surface area contributed by atoms with Gasteiger partial charge in [-0.15, -0.1) is 0 Å². The van der Waals surface area contributed by atoms with Crippen LogP contribution in [0.3, 0.4) is 0 Å². The van der Waals surface area contributed by atoms with Crippen molar-refractivity contribution in [2.45, 2.75) is 52.6 Å². The second-order valence-electron chi connectivity index (χ2n) is 3.30. The van der Waals surface area contributed by atoms with Crippen LogP contribution < -0.4 is 0 Å². The van der Waals surface area contributed by atoms with E-state index in [4.69, 9.17) is 14.4 Å². The quantitative estimate of drug-likeness (QED) is 0.282. The van der Waals surface area contributed by atoms with Gasteiger partial charge in [0.15, 0.2) is 6.10 Å². The first kappa shape index (κ1) is 14.3. The summed E-state index contributed by atoms with van der Waals surface area (Å²) in [6.07, 6.45) is -0.343. The van der Waals surface area contributed by atoms with Crippen molar-refractivity contribution in [3.05, 3.63) is 0 Å². The summed E-state index contributed by atoms with van der Waals surface area (Å²) in [5.74, 6) is -0.375. The van der Waals surface area contributed by atoms with Crippen LogP contribution in [0.1, 0.15) is 34.1 Å². The van der Waals surface area contributed by atoms with Gasteiger partial charge >= 0.3 is 5.97 Å². The zero-order valence-electron chi connectivity index (χ0n) is 9.98. The molecule has 15 heavy (non-hydrogen) atoms. The van der Waals surface area contributed by atoms with Crippen LogP contribution in [-0.2, 0) is 24.0 Å². The summed E-state index contributed by atoms with van der Waals surface area (Å²) in [6.45, 7) is 6.93. The van der Waals surface area contributed by atoms with E-state index in [2.05, 4.69) is 4.89 Å². The molecule has 3 atom stereocenters. The Morgan fingerprint density at radius 2 is 1.93 bits per heavy atom. The smallest absolute Gasteiger partial charge is 0.303 e. The summed E-state index contributed by atoms with van der Waals surface area (Å²) in [6, 6.07) is 0. The molecule has 0 aromatic rings. The van der Waals surface area contributed by atoms with E-state index in [1.54, 1.807) is 6.92 Å². The zero-order valence-corrected chi connectivity index (χ0v) is 9.98. The Labute approximate surface area is 90.6 Å². The van der Waals surface area contributed by atoms with Gasteiger partial charge in [0.05, 0.1) is 13.2 Å². The van der Waals surface area contributed by atoms with Gasteiger partial charge in [0, 0.05) is 6.92 Å². The predicted molar refractivity (Wildman–Crippen MR) is 53.9 cm³/mol. The van der Waals surface area contributed by atoms with E-state index in [1.807, 2.05) is 13.8 Å². The number of carbonyl (C=O) groups excluding carboxylic acids is 1. The molecule has 0 amide bonds. The van der Waals surface area contributed by atoms with Crippen molar-refractivity contribution in [3.8, 4) is 0 Å². The minimum Gasteiger partial charge on any atom is -0.457 e. The Bertz CT molecular complexity index is 183. The molecule has 0 saturated carbocycles. The Morgan fingerprint density at radius 3 is 2.33 bits per heavy atom. The first-order valence-electron chi connectivity index (χ1n) is 5.03. The van der Waals surface area contributed by atoms with Crippen molar-refractivity contribution in [3.63, 3.8) is 0 Å². The fourth-order valence-corrected chi connectivity index (χ4v) is 0.949. The van der Waals surface area contributed by atoms with E-state index in [9.17, 15) is 4.79 Å². The van der Waals surface area contributed by atoms with Crippen molar-refractivity contribution in [1.82, 2.24) is 0 Å². The lowest BCUT2D eigenvalue weighted by Crippen LogP contribution is -2.35. The van der Waals surface area contributed by atoms with E-state index in [0.29, 0.717) is 0 Å². The van der Waals surface area contributed by atoms with Gasteiger partial charge in [-0.25, -0.2) is 9.78 Å². The third kappa shape index (κ3) is 6.43. The van der Waals surface area contributed by atoms with Gasteiger partial charge in [0.25, 0.3) is 0 Å². The van der Waals surface area contributed by atoms with Crippen LogP contribution in [0.4, 0.5) is 0 Å². The molecule has 90 valence electrons. The molecule has 5 nitrogen and oxygen atoms in total. The maximum atomic E-state index is 10.7. The molecule has 0 aromatic carbocycles. The fourth-order valence-electron chi connectivity index (χ4n) is 0.949. The SMILES string of the molecule is CCC(C)OC(OOC)C(C)OC(C)=O. The van der Waals surface area contributed by atoms with Gasteiger partial charge in [0.2, 0.25) is 6.29 Å². The fraction of sp³-hybridized carbons (Fsp3) is 0.900. The van der Waals surface area contributed by atoms with Crippen molar-refractivity contribution in [2.75, 3.05) is 7.11 Å². The zero-order chi connectivity index (χ0) is 11.8. The Hall–Kier alpha value is -0.650. The molecule has 0 aliphatic rings. The van der Waals surface area contributed by atoms with Crippen LogP contribution in [0.15, 0.2) is 0 Å². The number of rotatable bonds is 7. The molecule has 0 radical (unpaired) electrons. The summed E-state index contributed by atoms with van der Waals surface area (Å²) < 4.78 is 10.4. The standard InChI is InChI=1S/C10H20O5/c1-6-7(2)13-10(15-12-5)8(3)14-9(4)11/h7-8,10H,6H2,1-5H3. The van der Waals surface area contributed by atoms with E-state index in [0.717, 1.165) is 6.42 Å². The van der Waals surface area contributed by atoms with Crippen LogP contribution >= 0.6 is 0 Å². The highest BCUT2D eigenvalue weighted by molar-refractivity contribution is 5.66. The highest BCUT2D eigenvalue weighted by Gasteiger charge is 2.24. The van der Waals surface area contributed by atoms with Gasteiger partial charge in [0.1, 0.15) is 0 Å². The van der Waals surface area contributed by atoms with Crippen molar-refractivity contribution < 1.29 is 24.0 Å². The lowest BCUT2D eigenvalue weighted by Gasteiger charge is -2.24. The molecule has 0 rings (SSSR count). The first-order chi connectivity index (χ1) is 7.01. The lowest BCUT2D eigenvalue weighted by atomic mass is 10.3. The number of ether oxygens (including phenoxy) is 2. The van der Waals surface area contributed by atoms with Crippen LogP contribution in [0.25, 0.3) is 0 Å². The predicted octanol–water partition coefficient (Wildman–Crippen LogP) is 1.66. The van der Waals surface area contributed by atoms with Crippen molar-refractivity contribution in [1.29, 1.82) is 0 Å². The molecule has 0 aromatic heterocycles. The monoisotopic (exact) mass is 220 g/mol. The van der Waals surface area contributed by atoms with Gasteiger partial charge in [-0.2, -0.15) is 0 Å². The van der Waals surface area contributed by atoms with Gasteiger partial charge < -0.3 is 9.47 Å². The molecule has 3 unspecified atom stereocenters. The van der Waals surface area contributed by atoms with Crippen LogP contribution in [-0.4, -0.2) is 31.6 Å². The summed E-state index contributed by atoms with van der Waals surface area (Å²) in [4.78, 5) is 20.2. The molecule has 0 fully saturated rings. The average molecular weight is 220 g/mol. The Balaban J connectivity index is 4.16. The molecule has 0 N–H and O–H groups in total. The minimum atomic E-state index is -0.700. The molecule has 0 bridgehead atoms.